The van der Waals surface area contributed by atoms with Crippen molar-refractivity contribution in [1.82, 2.24) is 0 Å². The highest BCUT2D eigenvalue weighted by atomic mass is 16.7. The zero-order valence-corrected chi connectivity index (χ0v) is 33.5. The summed E-state index contributed by atoms with van der Waals surface area (Å²) in [5, 5.41) is 98.0. The van der Waals surface area contributed by atoms with E-state index in [1.165, 1.54) is 0 Å². The maximum absolute atomic E-state index is 12.5. The first-order valence-electron chi connectivity index (χ1n) is 20.4. The van der Waals surface area contributed by atoms with Crippen molar-refractivity contribution in [2.45, 2.75) is 186 Å². The number of fused-ring (bicyclic) bond motifs is 5. The second-order valence-corrected chi connectivity index (χ2v) is 19.8. The Kier molecular flexibility index (Phi) is 12.0. The molecule has 20 atom stereocenters. The Hall–Kier alpha value is -0.780. The van der Waals surface area contributed by atoms with E-state index in [9.17, 15) is 46.0 Å². The summed E-state index contributed by atoms with van der Waals surface area (Å²) in [5.74, 6) is -0.593. The molecule has 2 saturated heterocycles. The van der Waals surface area contributed by atoms with E-state index in [4.69, 9.17) is 18.9 Å². The topological polar surface area (TPSA) is 219 Å². The van der Waals surface area contributed by atoms with Crippen LogP contribution in [0.5, 0.6) is 0 Å². The highest BCUT2D eigenvalue weighted by molar-refractivity contribution is 5.22. The molecule has 312 valence electrons. The van der Waals surface area contributed by atoms with Crippen molar-refractivity contribution in [3.8, 4) is 0 Å². The van der Waals surface area contributed by atoms with Gasteiger partial charge in [0.25, 0.3) is 0 Å². The Morgan fingerprint density at radius 3 is 2.13 bits per heavy atom. The highest BCUT2D eigenvalue weighted by Gasteiger charge is 2.74. The fraction of sp³-hybridized carbons (Fsp3) is 0.951. The molecule has 5 unspecified atom stereocenters. The number of rotatable bonds is 9. The molecule has 6 fully saturated rings. The monoisotopic (exact) mass is 770 g/mol. The Morgan fingerprint density at radius 2 is 1.48 bits per heavy atom. The SMILES string of the molecule is CC(C)=CCCC(C)(OC1O[C@H](CO)[C@@H](O)[C@H](O)[C@H]1O)[C@H]1CC[C@]2(C)C1[C@H](O)CC1[C@@]3(C)CC[C@H](O)C(C)(C)C3[C@@H](O[C@@H]3OC[C@H](O)[C@H](O)[C@H]3O)C[C@]12C. The van der Waals surface area contributed by atoms with Crippen molar-refractivity contribution in [3.05, 3.63) is 11.6 Å². The predicted molar refractivity (Wildman–Crippen MR) is 196 cm³/mol. The van der Waals surface area contributed by atoms with Gasteiger partial charge in [-0.15, -0.1) is 0 Å². The van der Waals surface area contributed by atoms with E-state index in [-0.39, 0.29) is 35.7 Å². The van der Waals surface area contributed by atoms with Gasteiger partial charge in [0.1, 0.15) is 42.7 Å². The summed E-state index contributed by atoms with van der Waals surface area (Å²) in [6, 6.07) is 0. The quantitative estimate of drug-likeness (QED) is 0.121. The van der Waals surface area contributed by atoms with Crippen LogP contribution in [0.4, 0.5) is 0 Å². The zero-order valence-electron chi connectivity index (χ0n) is 33.5. The van der Waals surface area contributed by atoms with Gasteiger partial charge < -0.3 is 64.9 Å². The molecule has 0 aromatic heterocycles. The van der Waals surface area contributed by atoms with Crippen LogP contribution < -0.4 is 0 Å². The number of hydrogen-bond acceptors (Lipinski definition) is 13. The molecule has 13 nitrogen and oxygen atoms in total. The minimum atomic E-state index is -1.58. The molecule has 0 amide bonds. The molecule has 2 aliphatic heterocycles. The van der Waals surface area contributed by atoms with Gasteiger partial charge in [-0.25, -0.2) is 0 Å². The van der Waals surface area contributed by atoms with E-state index in [0.717, 1.165) is 18.4 Å². The minimum absolute atomic E-state index is 0.0459. The van der Waals surface area contributed by atoms with Gasteiger partial charge in [0, 0.05) is 0 Å². The third kappa shape index (κ3) is 6.76. The summed E-state index contributed by atoms with van der Waals surface area (Å²) in [6.07, 6.45) is -7.04. The Balaban J connectivity index is 1.38. The van der Waals surface area contributed by atoms with Gasteiger partial charge in [-0.1, -0.05) is 46.3 Å². The molecule has 0 aromatic carbocycles. The second kappa shape index (κ2) is 15.1. The van der Waals surface area contributed by atoms with Crippen LogP contribution in [0, 0.1) is 45.3 Å². The third-order valence-corrected chi connectivity index (χ3v) is 16.2. The fourth-order valence-corrected chi connectivity index (χ4v) is 13.2. The van der Waals surface area contributed by atoms with Crippen molar-refractivity contribution in [1.29, 1.82) is 0 Å². The van der Waals surface area contributed by atoms with Gasteiger partial charge in [0.15, 0.2) is 12.6 Å². The van der Waals surface area contributed by atoms with Crippen LogP contribution in [0.25, 0.3) is 0 Å². The summed E-state index contributed by atoms with van der Waals surface area (Å²) in [4.78, 5) is 0. The van der Waals surface area contributed by atoms with Gasteiger partial charge in [-0.2, -0.15) is 0 Å². The summed E-state index contributed by atoms with van der Waals surface area (Å²) >= 11 is 0. The number of aliphatic hydroxyl groups is 9. The fourth-order valence-electron chi connectivity index (χ4n) is 13.2. The molecule has 6 aliphatic rings. The van der Waals surface area contributed by atoms with Crippen molar-refractivity contribution in [2.24, 2.45) is 45.3 Å². The smallest absolute Gasteiger partial charge is 0.187 e. The number of hydrogen-bond donors (Lipinski definition) is 9. The van der Waals surface area contributed by atoms with E-state index in [1.54, 1.807) is 0 Å². The van der Waals surface area contributed by atoms with Crippen LogP contribution in [0.1, 0.15) is 107 Å². The van der Waals surface area contributed by atoms with Crippen molar-refractivity contribution >= 4 is 0 Å². The van der Waals surface area contributed by atoms with Crippen LogP contribution >= 0.6 is 0 Å². The molecule has 0 radical (unpaired) electrons. The largest absolute Gasteiger partial charge is 0.394 e. The van der Waals surface area contributed by atoms with Crippen molar-refractivity contribution in [2.75, 3.05) is 13.2 Å². The van der Waals surface area contributed by atoms with E-state index >= 15 is 0 Å². The Bertz CT molecular complexity index is 1360. The van der Waals surface area contributed by atoms with Crippen LogP contribution in [0.15, 0.2) is 11.6 Å². The number of allylic oxidation sites excluding steroid dienone is 2. The number of ether oxygens (including phenoxy) is 4. The maximum atomic E-state index is 12.5. The predicted octanol–water partition coefficient (Wildman–Crippen LogP) is 1.76. The molecule has 0 aromatic rings. The minimum Gasteiger partial charge on any atom is -0.394 e. The lowest BCUT2D eigenvalue weighted by molar-refractivity contribution is -0.341. The van der Waals surface area contributed by atoms with Gasteiger partial charge in [-0.05, 0) is 117 Å². The molecular weight excluding hydrogens is 700 g/mol. The van der Waals surface area contributed by atoms with Crippen LogP contribution in [-0.4, -0.2) is 138 Å². The molecular formula is C41H70O13. The molecule has 54 heavy (non-hydrogen) atoms. The molecule has 2 heterocycles. The molecule has 0 bridgehead atoms. The van der Waals surface area contributed by atoms with E-state index in [2.05, 4.69) is 40.7 Å². The van der Waals surface area contributed by atoms with Crippen LogP contribution in [0.2, 0.25) is 0 Å². The average Bonchev–Trinajstić information content (AvgIpc) is 3.48. The molecule has 6 rings (SSSR count). The lowest BCUT2D eigenvalue weighted by Gasteiger charge is -2.72. The molecule has 0 spiro atoms. The lowest BCUT2D eigenvalue weighted by Crippen LogP contribution is -2.70. The summed E-state index contributed by atoms with van der Waals surface area (Å²) in [7, 11) is 0. The Labute approximate surface area is 320 Å². The normalized spacial score (nSPS) is 52.8. The highest BCUT2D eigenvalue weighted by Crippen LogP contribution is 2.76. The van der Waals surface area contributed by atoms with Gasteiger partial charge in [0.05, 0.1) is 37.1 Å². The first-order chi connectivity index (χ1) is 25.1. The molecule has 4 saturated carbocycles. The van der Waals surface area contributed by atoms with E-state index in [0.29, 0.717) is 38.5 Å². The van der Waals surface area contributed by atoms with E-state index in [1.807, 2.05) is 20.8 Å². The van der Waals surface area contributed by atoms with Crippen LogP contribution in [0.3, 0.4) is 0 Å². The van der Waals surface area contributed by atoms with Gasteiger partial charge in [-0.3, -0.25) is 0 Å². The second-order valence-electron chi connectivity index (χ2n) is 19.8. The van der Waals surface area contributed by atoms with Crippen molar-refractivity contribution in [3.63, 3.8) is 0 Å². The molecule has 9 N–H and O–H groups in total. The first kappa shape index (κ1) is 42.8. The summed E-state index contributed by atoms with van der Waals surface area (Å²) in [5.41, 5.74) is -1.65. The first-order valence-corrected chi connectivity index (χ1v) is 20.4. The van der Waals surface area contributed by atoms with Crippen molar-refractivity contribution < 1.29 is 64.9 Å². The third-order valence-electron chi connectivity index (χ3n) is 16.2. The molecule has 4 aliphatic carbocycles. The van der Waals surface area contributed by atoms with Gasteiger partial charge >= 0.3 is 0 Å². The van der Waals surface area contributed by atoms with E-state index < -0.39 is 102 Å². The maximum Gasteiger partial charge on any atom is 0.187 e. The summed E-state index contributed by atoms with van der Waals surface area (Å²) in [6.45, 7) is 16.3. The molecule has 13 heteroatoms. The Morgan fingerprint density at radius 1 is 0.815 bits per heavy atom. The summed E-state index contributed by atoms with van der Waals surface area (Å²) < 4.78 is 25.3. The van der Waals surface area contributed by atoms with Crippen LogP contribution in [-0.2, 0) is 18.9 Å². The lowest BCUT2D eigenvalue weighted by atomic mass is 9.34. The standard InChI is InChI=1S/C41H70O13/c1-20(2)10-9-13-41(8,54-36-33(50)31(48)30(47)25(18-42)53-36)21-11-15-39(6)28(21)22(43)16-26-38(5)14-12-27(45)37(3,4)34(38)24(17-40(26,39)7)52-35-32(49)29(46)23(44)19-51-35/h10,21-36,42-50H,9,11-19H2,1-8H3/t21-,22+,23-,24-,25+,26?,27-,28?,29-,30+,31-,32+,33+,34?,35-,36?,38+,39+,40+,41?/m0/s1. The number of aliphatic hydroxyl groups excluding tert-OH is 9. The van der Waals surface area contributed by atoms with Gasteiger partial charge in [0.2, 0.25) is 0 Å². The average molecular weight is 771 g/mol. The zero-order chi connectivity index (χ0) is 39.9.